The summed E-state index contributed by atoms with van der Waals surface area (Å²) in [5, 5.41) is 0. The summed E-state index contributed by atoms with van der Waals surface area (Å²) in [7, 11) is 1.28. The summed E-state index contributed by atoms with van der Waals surface area (Å²) in [5.74, 6) is -1.36. The van der Waals surface area contributed by atoms with Crippen molar-refractivity contribution in [2.24, 2.45) is 0 Å². The zero-order valence-corrected chi connectivity index (χ0v) is 16.4. The van der Waals surface area contributed by atoms with Gasteiger partial charge in [-0.15, -0.1) is 0 Å². The predicted molar refractivity (Wildman–Crippen MR) is 106 cm³/mol. The maximum absolute atomic E-state index is 13.0. The lowest BCUT2D eigenvalue weighted by molar-refractivity contribution is -0.141. The number of methoxy groups -OCH3 is 1. The van der Waals surface area contributed by atoms with E-state index in [1.165, 1.54) is 12.0 Å². The molecule has 3 amide bonds. The Morgan fingerprint density at radius 3 is 2.21 bits per heavy atom. The molecule has 2 aromatic carbocycles. The summed E-state index contributed by atoms with van der Waals surface area (Å²) in [6.07, 6.45) is 0.395. The minimum absolute atomic E-state index is 0.186. The van der Waals surface area contributed by atoms with Crippen LogP contribution in [0.25, 0.3) is 0 Å². The van der Waals surface area contributed by atoms with Crippen molar-refractivity contribution in [2.75, 3.05) is 18.6 Å². The fraction of sp³-hybridized carbons (Fsp3) is 0.273. The normalized spacial score (nSPS) is 13.5. The first kappa shape index (κ1) is 20.3. The Morgan fingerprint density at radius 2 is 1.62 bits per heavy atom. The molecule has 1 heterocycles. The van der Waals surface area contributed by atoms with Gasteiger partial charge in [0.2, 0.25) is 11.8 Å². The molecular formula is C22H22N2O5. The Kier molecular flexibility index (Phi) is 6.07. The molecule has 1 fully saturated rings. The number of esters is 1. The standard InChI is InChI=1S/C22H22N2O5/c1-15-5-3-4-6-17(15)13-23(14-21(27)29-2)22(28)16-7-9-18(10-8-16)24-19(25)11-12-20(24)26/h3-10H,11-14H2,1-2H3. The second kappa shape index (κ2) is 8.68. The molecule has 0 unspecified atom stereocenters. The highest BCUT2D eigenvalue weighted by molar-refractivity contribution is 6.19. The third-order valence-corrected chi connectivity index (χ3v) is 4.88. The van der Waals surface area contributed by atoms with E-state index in [9.17, 15) is 19.2 Å². The topological polar surface area (TPSA) is 84.0 Å². The molecule has 0 saturated carbocycles. The lowest BCUT2D eigenvalue weighted by Gasteiger charge is -2.23. The fourth-order valence-electron chi connectivity index (χ4n) is 3.21. The summed E-state index contributed by atoms with van der Waals surface area (Å²) in [6, 6.07) is 13.9. The average Bonchev–Trinajstić information content (AvgIpc) is 3.06. The molecule has 7 heteroatoms. The molecule has 0 aliphatic carbocycles. The van der Waals surface area contributed by atoms with Crippen LogP contribution in [0.1, 0.15) is 34.3 Å². The molecule has 1 aliphatic rings. The zero-order chi connectivity index (χ0) is 21.0. The van der Waals surface area contributed by atoms with Gasteiger partial charge < -0.3 is 9.64 Å². The molecule has 0 bridgehead atoms. The van der Waals surface area contributed by atoms with E-state index in [0.29, 0.717) is 11.3 Å². The molecule has 3 rings (SSSR count). The number of ether oxygens (including phenoxy) is 1. The summed E-state index contributed by atoms with van der Waals surface area (Å²) in [4.78, 5) is 51.2. The van der Waals surface area contributed by atoms with Gasteiger partial charge in [-0.25, -0.2) is 0 Å². The van der Waals surface area contributed by atoms with Crippen LogP contribution in [-0.2, 0) is 25.7 Å². The maximum atomic E-state index is 13.0. The second-order valence-corrected chi connectivity index (χ2v) is 6.83. The van der Waals surface area contributed by atoms with Crippen LogP contribution in [0, 0.1) is 6.92 Å². The van der Waals surface area contributed by atoms with Crippen LogP contribution >= 0.6 is 0 Å². The van der Waals surface area contributed by atoms with Crippen LogP contribution < -0.4 is 4.90 Å². The summed E-state index contributed by atoms with van der Waals surface area (Å²) in [5.41, 5.74) is 2.73. The van der Waals surface area contributed by atoms with Crippen molar-refractivity contribution >= 4 is 29.4 Å². The number of imide groups is 1. The van der Waals surface area contributed by atoms with E-state index >= 15 is 0 Å². The van der Waals surface area contributed by atoms with E-state index in [-0.39, 0.29) is 43.7 Å². The van der Waals surface area contributed by atoms with E-state index in [0.717, 1.165) is 16.0 Å². The first-order valence-electron chi connectivity index (χ1n) is 9.27. The van der Waals surface area contributed by atoms with Gasteiger partial charge in [0.15, 0.2) is 0 Å². The van der Waals surface area contributed by atoms with Crippen LogP contribution in [0.15, 0.2) is 48.5 Å². The Bertz CT molecular complexity index is 936. The largest absolute Gasteiger partial charge is 0.468 e. The van der Waals surface area contributed by atoms with Gasteiger partial charge in [-0.2, -0.15) is 0 Å². The zero-order valence-electron chi connectivity index (χ0n) is 16.4. The van der Waals surface area contributed by atoms with Crippen LogP contribution in [-0.4, -0.2) is 42.2 Å². The number of aryl methyl sites for hydroxylation is 1. The monoisotopic (exact) mass is 394 g/mol. The predicted octanol–water partition coefficient (Wildman–Crippen LogP) is 2.46. The number of carbonyl (C=O) groups is 4. The molecule has 29 heavy (non-hydrogen) atoms. The van der Waals surface area contributed by atoms with E-state index in [2.05, 4.69) is 0 Å². The van der Waals surface area contributed by atoms with Crippen LogP contribution in [0.3, 0.4) is 0 Å². The van der Waals surface area contributed by atoms with E-state index in [1.807, 2.05) is 31.2 Å². The van der Waals surface area contributed by atoms with Crippen molar-refractivity contribution in [3.8, 4) is 0 Å². The molecule has 0 atom stereocenters. The molecular weight excluding hydrogens is 372 g/mol. The number of hydrogen-bond acceptors (Lipinski definition) is 5. The molecule has 0 radical (unpaired) electrons. The van der Waals surface area contributed by atoms with Crippen molar-refractivity contribution in [1.29, 1.82) is 0 Å². The quantitative estimate of drug-likeness (QED) is 0.555. The van der Waals surface area contributed by atoms with Crippen molar-refractivity contribution < 1.29 is 23.9 Å². The highest BCUT2D eigenvalue weighted by Gasteiger charge is 2.30. The molecule has 2 aromatic rings. The van der Waals surface area contributed by atoms with Crippen LogP contribution in [0.2, 0.25) is 0 Å². The second-order valence-electron chi connectivity index (χ2n) is 6.83. The molecule has 0 N–H and O–H groups in total. The molecule has 150 valence electrons. The summed E-state index contributed by atoms with van der Waals surface area (Å²) in [6.45, 7) is 2.01. The molecule has 1 aliphatic heterocycles. The maximum Gasteiger partial charge on any atom is 0.325 e. The third kappa shape index (κ3) is 4.51. The Balaban J connectivity index is 1.83. The van der Waals surface area contributed by atoms with Crippen LogP contribution in [0.4, 0.5) is 5.69 Å². The Morgan fingerprint density at radius 1 is 1.00 bits per heavy atom. The van der Waals surface area contributed by atoms with E-state index in [4.69, 9.17) is 4.74 Å². The Labute approximate surface area is 168 Å². The first-order valence-corrected chi connectivity index (χ1v) is 9.27. The number of anilines is 1. The van der Waals surface area contributed by atoms with Crippen molar-refractivity contribution in [2.45, 2.75) is 26.3 Å². The van der Waals surface area contributed by atoms with Gasteiger partial charge in [0.05, 0.1) is 12.8 Å². The minimum Gasteiger partial charge on any atom is -0.468 e. The van der Waals surface area contributed by atoms with Crippen LogP contribution in [0.5, 0.6) is 0 Å². The number of amides is 3. The number of carbonyl (C=O) groups excluding carboxylic acids is 4. The van der Waals surface area contributed by atoms with Gasteiger partial charge in [0.1, 0.15) is 6.54 Å². The van der Waals surface area contributed by atoms with Gasteiger partial charge >= 0.3 is 5.97 Å². The third-order valence-electron chi connectivity index (χ3n) is 4.88. The lowest BCUT2D eigenvalue weighted by atomic mass is 10.1. The van der Waals surface area contributed by atoms with Crippen molar-refractivity contribution in [3.05, 3.63) is 65.2 Å². The van der Waals surface area contributed by atoms with Gasteiger partial charge in [0.25, 0.3) is 5.91 Å². The molecule has 7 nitrogen and oxygen atoms in total. The lowest BCUT2D eigenvalue weighted by Crippen LogP contribution is -2.36. The first-order chi connectivity index (χ1) is 13.9. The highest BCUT2D eigenvalue weighted by Crippen LogP contribution is 2.23. The summed E-state index contributed by atoms with van der Waals surface area (Å²) < 4.78 is 4.73. The Hall–Kier alpha value is -3.48. The van der Waals surface area contributed by atoms with Crippen molar-refractivity contribution in [3.63, 3.8) is 0 Å². The van der Waals surface area contributed by atoms with Gasteiger partial charge in [-0.05, 0) is 42.3 Å². The van der Waals surface area contributed by atoms with E-state index in [1.54, 1.807) is 24.3 Å². The van der Waals surface area contributed by atoms with Gasteiger partial charge in [-0.3, -0.25) is 24.1 Å². The highest BCUT2D eigenvalue weighted by atomic mass is 16.5. The number of nitrogens with zero attached hydrogens (tertiary/aromatic N) is 2. The summed E-state index contributed by atoms with van der Waals surface area (Å²) >= 11 is 0. The molecule has 0 spiro atoms. The number of rotatable bonds is 6. The van der Waals surface area contributed by atoms with Crippen molar-refractivity contribution in [1.82, 2.24) is 4.90 Å². The smallest absolute Gasteiger partial charge is 0.325 e. The number of benzene rings is 2. The SMILES string of the molecule is COC(=O)CN(Cc1ccccc1C)C(=O)c1ccc(N2C(=O)CCC2=O)cc1. The molecule has 0 aromatic heterocycles. The molecule has 1 saturated heterocycles. The van der Waals surface area contributed by atoms with Gasteiger partial charge in [0, 0.05) is 24.9 Å². The van der Waals surface area contributed by atoms with Gasteiger partial charge in [-0.1, -0.05) is 24.3 Å². The van der Waals surface area contributed by atoms with E-state index < -0.39 is 5.97 Å². The fourth-order valence-corrected chi connectivity index (χ4v) is 3.21. The minimum atomic E-state index is -0.517. The average molecular weight is 394 g/mol. The number of hydrogen-bond donors (Lipinski definition) is 0.